The topological polar surface area (TPSA) is 97.2 Å². The molecule has 0 aliphatic rings. The molecule has 114 valence electrons. The number of rotatable bonds is 3. The number of anilines is 1. The average molecular weight is 327 g/mol. The molecule has 4 heterocycles. The summed E-state index contributed by atoms with van der Waals surface area (Å²) in [7, 11) is 1.80. The molecule has 0 radical (unpaired) electrons. The number of hydrogen-bond donors (Lipinski definition) is 2. The molecular weight excluding hydrogens is 316 g/mol. The van der Waals surface area contributed by atoms with Gasteiger partial charge in [-0.2, -0.15) is 0 Å². The van der Waals surface area contributed by atoms with Gasteiger partial charge in [-0.3, -0.25) is 4.57 Å². The molecule has 0 fully saturated rings. The summed E-state index contributed by atoms with van der Waals surface area (Å²) < 4.78 is 1.81. The van der Waals surface area contributed by atoms with Gasteiger partial charge in [-0.1, -0.05) is 11.6 Å². The molecule has 4 aromatic rings. The summed E-state index contributed by atoms with van der Waals surface area (Å²) in [6.07, 6.45) is 8.45. The zero-order valence-electron chi connectivity index (χ0n) is 12.0. The molecule has 8 nitrogen and oxygen atoms in total. The molecule has 4 rings (SSSR count). The fraction of sp³-hybridized carbons (Fsp3) is 0.0714. The van der Waals surface area contributed by atoms with Crippen LogP contribution >= 0.6 is 11.6 Å². The summed E-state index contributed by atoms with van der Waals surface area (Å²) in [5.74, 6) is 1.90. The second kappa shape index (κ2) is 5.33. The summed E-state index contributed by atoms with van der Waals surface area (Å²) in [5, 5.41) is 3.35. The highest BCUT2D eigenvalue weighted by atomic mass is 35.5. The summed E-state index contributed by atoms with van der Waals surface area (Å²) in [6, 6.07) is 1.83. The Kier molecular flexibility index (Phi) is 3.16. The lowest BCUT2D eigenvalue weighted by molar-refractivity contribution is 0.976. The first-order valence-corrected chi connectivity index (χ1v) is 7.17. The number of H-pyrrole nitrogens is 1. The van der Waals surface area contributed by atoms with E-state index in [1.165, 1.54) is 6.20 Å². The highest BCUT2D eigenvalue weighted by Crippen LogP contribution is 2.26. The van der Waals surface area contributed by atoms with Crippen LogP contribution in [-0.2, 0) is 0 Å². The molecule has 0 unspecified atom stereocenters. The zero-order chi connectivity index (χ0) is 15.8. The van der Waals surface area contributed by atoms with Crippen molar-refractivity contribution >= 4 is 28.6 Å². The van der Waals surface area contributed by atoms with Crippen molar-refractivity contribution in [1.29, 1.82) is 0 Å². The van der Waals surface area contributed by atoms with Gasteiger partial charge in [0.15, 0.2) is 11.5 Å². The largest absolute Gasteiger partial charge is 0.373 e. The Morgan fingerprint density at radius 3 is 2.96 bits per heavy atom. The summed E-state index contributed by atoms with van der Waals surface area (Å²) in [4.78, 5) is 24.7. The SMILES string of the molecule is CNc1cc(-n2ccnc2)nc(-c2c[nH]c3ncc(Cl)nc23)n1. The Balaban J connectivity index is 1.93. The van der Waals surface area contributed by atoms with E-state index in [0.29, 0.717) is 33.8 Å². The maximum absolute atomic E-state index is 5.95. The van der Waals surface area contributed by atoms with E-state index >= 15 is 0 Å². The quantitative estimate of drug-likeness (QED) is 0.599. The third kappa shape index (κ3) is 2.38. The van der Waals surface area contributed by atoms with E-state index in [1.807, 2.05) is 12.3 Å². The molecule has 9 heteroatoms. The molecule has 0 aromatic carbocycles. The third-order valence-corrected chi connectivity index (χ3v) is 3.51. The van der Waals surface area contributed by atoms with E-state index in [1.54, 1.807) is 30.3 Å². The van der Waals surface area contributed by atoms with E-state index in [4.69, 9.17) is 11.6 Å². The number of aromatic nitrogens is 7. The van der Waals surface area contributed by atoms with Crippen LogP contribution in [0.1, 0.15) is 0 Å². The van der Waals surface area contributed by atoms with E-state index < -0.39 is 0 Å². The number of hydrogen-bond acceptors (Lipinski definition) is 6. The minimum atomic E-state index is 0.318. The molecule has 0 atom stereocenters. The van der Waals surface area contributed by atoms with Crippen LogP contribution in [0.25, 0.3) is 28.4 Å². The van der Waals surface area contributed by atoms with Gasteiger partial charge < -0.3 is 10.3 Å². The molecule has 0 aliphatic carbocycles. The van der Waals surface area contributed by atoms with E-state index in [-0.39, 0.29) is 0 Å². The monoisotopic (exact) mass is 326 g/mol. The van der Waals surface area contributed by atoms with Gasteiger partial charge in [-0.05, 0) is 0 Å². The maximum atomic E-state index is 5.95. The summed E-state index contributed by atoms with van der Waals surface area (Å²) >= 11 is 5.95. The lowest BCUT2D eigenvalue weighted by Crippen LogP contribution is -2.02. The van der Waals surface area contributed by atoms with Crippen molar-refractivity contribution in [1.82, 2.24) is 34.5 Å². The van der Waals surface area contributed by atoms with Crippen molar-refractivity contribution in [3.63, 3.8) is 0 Å². The molecule has 0 saturated heterocycles. The van der Waals surface area contributed by atoms with Gasteiger partial charge in [0, 0.05) is 31.7 Å². The zero-order valence-corrected chi connectivity index (χ0v) is 12.8. The van der Waals surface area contributed by atoms with Crippen LogP contribution in [0.2, 0.25) is 5.15 Å². The number of imidazole rings is 1. The van der Waals surface area contributed by atoms with Gasteiger partial charge in [0.1, 0.15) is 28.6 Å². The van der Waals surface area contributed by atoms with Crippen molar-refractivity contribution < 1.29 is 0 Å². The minimum Gasteiger partial charge on any atom is -0.373 e. The maximum Gasteiger partial charge on any atom is 0.167 e. The minimum absolute atomic E-state index is 0.318. The van der Waals surface area contributed by atoms with Crippen molar-refractivity contribution in [3.05, 3.63) is 42.3 Å². The lowest BCUT2D eigenvalue weighted by Gasteiger charge is -2.07. The van der Waals surface area contributed by atoms with E-state index in [9.17, 15) is 0 Å². The number of aromatic amines is 1. The van der Waals surface area contributed by atoms with Crippen LogP contribution in [0.5, 0.6) is 0 Å². The molecular formula is C14H11ClN8. The Morgan fingerprint density at radius 2 is 2.17 bits per heavy atom. The van der Waals surface area contributed by atoms with Crippen LogP contribution in [0, 0.1) is 0 Å². The van der Waals surface area contributed by atoms with Crippen molar-refractivity contribution in [3.8, 4) is 17.2 Å². The van der Waals surface area contributed by atoms with Crippen LogP contribution in [0.15, 0.2) is 37.2 Å². The molecule has 0 aliphatic heterocycles. The molecule has 4 aromatic heterocycles. The predicted octanol–water partition coefficient (Wildman–Crippen LogP) is 2.30. The van der Waals surface area contributed by atoms with Gasteiger partial charge in [-0.15, -0.1) is 0 Å². The standard InChI is InChI=1S/C14H11ClN8/c1-16-10-4-11(23-3-2-17-7-23)22-13(21-10)8-5-18-14-12(8)20-9(15)6-19-14/h2-7H,1H3,(H,18,19)(H,16,21,22). The van der Waals surface area contributed by atoms with Crippen molar-refractivity contribution in [2.75, 3.05) is 12.4 Å². The number of fused-ring (bicyclic) bond motifs is 1. The van der Waals surface area contributed by atoms with Crippen LogP contribution < -0.4 is 5.32 Å². The second-order valence-corrected chi connectivity index (χ2v) is 5.13. The Bertz CT molecular complexity index is 976. The molecule has 23 heavy (non-hydrogen) atoms. The average Bonchev–Trinajstić information content (AvgIpc) is 3.23. The fourth-order valence-electron chi connectivity index (χ4n) is 2.25. The summed E-state index contributed by atoms with van der Waals surface area (Å²) in [5.41, 5.74) is 1.99. The van der Waals surface area contributed by atoms with Crippen molar-refractivity contribution in [2.45, 2.75) is 0 Å². The highest BCUT2D eigenvalue weighted by molar-refractivity contribution is 6.29. The Hall–Kier alpha value is -3.00. The molecule has 0 saturated carbocycles. The van der Waals surface area contributed by atoms with Gasteiger partial charge >= 0.3 is 0 Å². The summed E-state index contributed by atoms with van der Waals surface area (Å²) in [6.45, 7) is 0. The lowest BCUT2D eigenvalue weighted by atomic mass is 10.3. The van der Waals surface area contributed by atoms with E-state index in [0.717, 1.165) is 5.56 Å². The first-order valence-electron chi connectivity index (χ1n) is 6.80. The van der Waals surface area contributed by atoms with Gasteiger partial charge in [-0.25, -0.2) is 24.9 Å². The number of nitrogens with zero attached hydrogens (tertiary/aromatic N) is 6. The van der Waals surface area contributed by atoms with Gasteiger partial charge in [0.2, 0.25) is 0 Å². The Labute approximate surface area is 135 Å². The van der Waals surface area contributed by atoms with Gasteiger partial charge in [0.05, 0.1) is 11.8 Å². The van der Waals surface area contributed by atoms with Crippen LogP contribution in [-0.4, -0.2) is 41.5 Å². The highest BCUT2D eigenvalue weighted by Gasteiger charge is 2.14. The number of halogens is 1. The third-order valence-electron chi connectivity index (χ3n) is 3.33. The van der Waals surface area contributed by atoms with Crippen molar-refractivity contribution in [2.24, 2.45) is 0 Å². The first kappa shape index (κ1) is 13.6. The molecule has 2 N–H and O–H groups in total. The van der Waals surface area contributed by atoms with Crippen LogP contribution in [0.3, 0.4) is 0 Å². The molecule has 0 amide bonds. The number of nitrogens with one attached hydrogen (secondary N) is 2. The predicted molar refractivity (Wildman–Crippen MR) is 86.6 cm³/mol. The molecule has 0 spiro atoms. The Morgan fingerprint density at radius 1 is 1.26 bits per heavy atom. The van der Waals surface area contributed by atoms with Gasteiger partial charge in [0.25, 0.3) is 0 Å². The smallest absolute Gasteiger partial charge is 0.167 e. The first-order chi connectivity index (χ1) is 11.2. The second-order valence-electron chi connectivity index (χ2n) is 4.75. The molecule has 0 bridgehead atoms. The van der Waals surface area contributed by atoms with E-state index in [2.05, 4.69) is 35.2 Å². The van der Waals surface area contributed by atoms with Crippen LogP contribution in [0.4, 0.5) is 5.82 Å². The normalized spacial score (nSPS) is 11.0. The fourth-order valence-corrected chi connectivity index (χ4v) is 2.38.